The summed E-state index contributed by atoms with van der Waals surface area (Å²) in [6.07, 6.45) is 1.51. The smallest absolute Gasteiger partial charge is 0.338 e. The lowest BCUT2D eigenvalue weighted by atomic mass is 9.94. The van der Waals surface area contributed by atoms with Crippen LogP contribution in [0, 0.1) is 0 Å². The first kappa shape index (κ1) is 21.6. The molecule has 2 fully saturated rings. The molecule has 0 unspecified atom stereocenters. The first-order valence-electron chi connectivity index (χ1n) is 10.7. The van der Waals surface area contributed by atoms with E-state index in [4.69, 9.17) is 18.9 Å². The molecule has 2 N–H and O–H groups in total. The molecule has 3 heterocycles. The molecule has 1 aromatic carbocycles. The SMILES string of the molecule is CCOC(=O)C1=C(CN2CCC3(CC2)OCCO3)NC(=O)N[C@@H]1c1ccc(OC)cc1. The van der Waals surface area contributed by atoms with Crippen LogP contribution in [-0.4, -0.2) is 69.3 Å². The Kier molecular flexibility index (Phi) is 6.45. The predicted molar refractivity (Wildman–Crippen MR) is 111 cm³/mol. The Balaban J connectivity index is 1.59. The Morgan fingerprint density at radius 2 is 1.87 bits per heavy atom. The zero-order valence-electron chi connectivity index (χ0n) is 17.9. The third kappa shape index (κ3) is 4.68. The van der Waals surface area contributed by atoms with Crippen molar-refractivity contribution in [2.24, 2.45) is 0 Å². The number of benzene rings is 1. The highest BCUT2D eigenvalue weighted by Crippen LogP contribution is 2.33. The molecule has 0 bridgehead atoms. The van der Waals surface area contributed by atoms with Crippen molar-refractivity contribution in [1.29, 1.82) is 0 Å². The molecular weight excluding hydrogens is 402 g/mol. The zero-order chi connectivity index (χ0) is 21.8. The Morgan fingerprint density at radius 3 is 2.48 bits per heavy atom. The fraction of sp³-hybridized carbons (Fsp3) is 0.545. The van der Waals surface area contributed by atoms with E-state index < -0.39 is 17.8 Å². The maximum atomic E-state index is 12.9. The van der Waals surface area contributed by atoms with E-state index in [-0.39, 0.29) is 12.6 Å². The molecule has 1 atom stereocenters. The molecule has 3 aliphatic heterocycles. The summed E-state index contributed by atoms with van der Waals surface area (Å²) >= 11 is 0. The van der Waals surface area contributed by atoms with Gasteiger partial charge < -0.3 is 29.6 Å². The van der Waals surface area contributed by atoms with E-state index >= 15 is 0 Å². The monoisotopic (exact) mass is 431 g/mol. The Labute approximate surface area is 181 Å². The number of likely N-dealkylation sites (tertiary alicyclic amines) is 1. The van der Waals surface area contributed by atoms with Gasteiger partial charge in [0, 0.05) is 38.2 Å². The highest BCUT2D eigenvalue weighted by molar-refractivity contribution is 5.95. The molecule has 4 rings (SSSR count). The van der Waals surface area contributed by atoms with E-state index in [9.17, 15) is 9.59 Å². The van der Waals surface area contributed by atoms with Crippen molar-refractivity contribution >= 4 is 12.0 Å². The molecule has 3 aliphatic rings. The molecule has 0 radical (unpaired) electrons. The molecule has 2 saturated heterocycles. The number of ether oxygens (including phenoxy) is 4. The second-order valence-corrected chi connectivity index (χ2v) is 7.80. The summed E-state index contributed by atoms with van der Waals surface area (Å²) in [4.78, 5) is 27.6. The van der Waals surface area contributed by atoms with Crippen LogP contribution in [0.5, 0.6) is 5.75 Å². The maximum Gasteiger partial charge on any atom is 0.338 e. The van der Waals surface area contributed by atoms with E-state index in [1.807, 2.05) is 12.1 Å². The summed E-state index contributed by atoms with van der Waals surface area (Å²) < 4.78 is 22.2. The van der Waals surface area contributed by atoms with Crippen LogP contribution in [-0.2, 0) is 19.0 Å². The number of esters is 1. The summed E-state index contributed by atoms with van der Waals surface area (Å²) in [6.45, 7) is 5.20. The van der Waals surface area contributed by atoms with Gasteiger partial charge in [-0.15, -0.1) is 0 Å². The van der Waals surface area contributed by atoms with E-state index in [2.05, 4.69) is 15.5 Å². The Morgan fingerprint density at radius 1 is 1.19 bits per heavy atom. The van der Waals surface area contributed by atoms with Crippen LogP contribution in [0.2, 0.25) is 0 Å². The van der Waals surface area contributed by atoms with Crippen LogP contribution in [0.1, 0.15) is 31.4 Å². The number of hydrogen-bond donors (Lipinski definition) is 2. The zero-order valence-corrected chi connectivity index (χ0v) is 17.9. The minimum Gasteiger partial charge on any atom is -0.497 e. The van der Waals surface area contributed by atoms with Gasteiger partial charge in [0.15, 0.2) is 5.79 Å². The molecule has 0 aliphatic carbocycles. The minimum absolute atomic E-state index is 0.250. The third-order valence-electron chi connectivity index (χ3n) is 5.91. The molecule has 0 aromatic heterocycles. The second kappa shape index (κ2) is 9.25. The molecule has 0 saturated carbocycles. The van der Waals surface area contributed by atoms with E-state index in [1.165, 1.54) is 0 Å². The minimum atomic E-state index is -0.605. The average Bonchev–Trinajstić information content (AvgIpc) is 3.23. The summed E-state index contributed by atoms with van der Waals surface area (Å²) in [5.74, 6) is -0.219. The second-order valence-electron chi connectivity index (χ2n) is 7.80. The van der Waals surface area contributed by atoms with E-state index in [1.54, 1.807) is 26.2 Å². The van der Waals surface area contributed by atoms with Gasteiger partial charge in [-0.3, -0.25) is 4.90 Å². The van der Waals surface area contributed by atoms with Gasteiger partial charge in [0.05, 0.1) is 38.5 Å². The topological polar surface area (TPSA) is 98.4 Å². The molecule has 31 heavy (non-hydrogen) atoms. The van der Waals surface area contributed by atoms with Crippen molar-refractivity contribution in [2.75, 3.05) is 46.6 Å². The van der Waals surface area contributed by atoms with Crippen LogP contribution in [0.4, 0.5) is 4.79 Å². The van der Waals surface area contributed by atoms with Gasteiger partial charge in [-0.05, 0) is 24.6 Å². The lowest BCUT2D eigenvalue weighted by molar-refractivity contribution is -0.184. The molecule has 1 aromatic rings. The summed E-state index contributed by atoms with van der Waals surface area (Å²) in [5, 5.41) is 5.69. The number of nitrogens with zero attached hydrogens (tertiary/aromatic N) is 1. The largest absolute Gasteiger partial charge is 0.497 e. The van der Waals surface area contributed by atoms with Gasteiger partial charge in [-0.25, -0.2) is 9.59 Å². The summed E-state index contributed by atoms with van der Waals surface area (Å²) in [6, 6.07) is 6.33. The number of piperidine rings is 1. The van der Waals surface area contributed by atoms with Crippen molar-refractivity contribution in [3.05, 3.63) is 41.1 Å². The summed E-state index contributed by atoms with van der Waals surface area (Å²) in [5.41, 5.74) is 1.76. The van der Waals surface area contributed by atoms with Crippen LogP contribution in [0.15, 0.2) is 35.5 Å². The van der Waals surface area contributed by atoms with Gasteiger partial charge in [0.1, 0.15) is 5.75 Å². The number of rotatable bonds is 6. The Hall–Kier alpha value is -2.62. The molecular formula is C22H29N3O6. The van der Waals surface area contributed by atoms with Crippen molar-refractivity contribution < 1.29 is 28.5 Å². The fourth-order valence-electron chi connectivity index (χ4n) is 4.30. The van der Waals surface area contributed by atoms with Crippen LogP contribution in [0.25, 0.3) is 0 Å². The molecule has 9 nitrogen and oxygen atoms in total. The maximum absolute atomic E-state index is 12.9. The van der Waals surface area contributed by atoms with E-state index in [0.717, 1.165) is 31.5 Å². The average molecular weight is 431 g/mol. The quantitative estimate of drug-likeness (QED) is 0.662. The first-order chi connectivity index (χ1) is 15.0. The van der Waals surface area contributed by atoms with Gasteiger partial charge in [-0.1, -0.05) is 12.1 Å². The lowest BCUT2D eigenvalue weighted by Crippen LogP contribution is -2.51. The van der Waals surface area contributed by atoms with Crippen molar-refractivity contribution in [2.45, 2.75) is 31.6 Å². The standard InChI is InChI=1S/C22H29N3O6/c1-3-29-20(26)18-17(14-25-10-8-22(9-11-25)30-12-13-31-22)23-21(27)24-19(18)15-4-6-16(28-2)7-5-15/h4-7,19H,3,8-14H2,1-2H3,(H2,23,24,27)/t19-/m1/s1. The lowest BCUT2D eigenvalue weighted by Gasteiger charge is -2.39. The number of amides is 2. The number of nitrogens with one attached hydrogen (secondary N) is 2. The van der Waals surface area contributed by atoms with Crippen LogP contribution >= 0.6 is 0 Å². The van der Waals surface area contributed by atoms with Gasteiger partial charge >= 0.3 is 12.0 Å². The van der Waals surface area contributed by atoms with Gasteiger partial charge in [-0.2, -0.15) is 0 Å². The van der Waals surface area contributed by atoms with Gasteiger partial charge in [0.25, 0.3) is 0 Å². The predicted octanol–water partition coefficient (Wildman–Crippen LogP) is 1.71. The van der Waals surface area contributed by atoms with Crippen LogP contribution < -0.4 is 15.4 Å². The number of urea groups is 1. The number of carbonyl (C=O) groups is 2. The molecule has 168 valence electrons. The normalized spacial score (nSPS) is 23.4. The van der Waals surface area contributed by atoms with Gasteiger partial charge in [0.2, 0.25) is 0 Å². The fourth-order valence-corrected chi connectivity index (χ4v) is 4.30. The number of methoxy groups -OCH3 is 1. The highest BCUT2D eigenvalue weighted by atomic mass is 16.7. The number of carbonyl (C=O) groups excluding carboxylic acids is 2. The molecule has 2 amide bonds. The van der Waals surface area contributed by atoms with Crippen molar-refractivity contribution in [3.8, 4) is 5.75 Å². The first-order valence-corrected chi connectivity index (χ1v) is 10.7. The van der Waals surface area contributed by atoms with Crippen molar-refractivity contribution in [3.63, 3.8) is 0 Å². The van der Waals surface area contributed by atoms with E-state index in [0.29, 0.717) is 36.8 Å². The third-order valence-corrected chi connectivity index (χ3v) is 5.91. The Bertz CT molecular complexity index is 837. The summed E-state index contributed by atoms with van der Waals surface area (Å²) in [7, 11) is 1.59. The number of hydrogen-bond acceptors (Lipinski definition) is 7. The van der Waals surface area contributed by atoms with Crippen LogP contribution in [0.3, 0.4) is 0 Å². The van der Waals surface area contributed by atoms with Crippen molar-refractivity contribution in [1.82, 2.24) is 15.5 Å². The molecule has 9 heteroatoms. The molecule has 1 spiro atoms. The highest BCUT2D eigenvalue weighted by Gasteiger charge is 2.41.